The number of rotatable bonds is 9. The third-order valence-electron chi connectivity index (χ3n) is 2.45. The number of nitrogens with two attached hydrogens (primary N) is 1. The standard InChI is InChI=1S/C12H23N3O4S/c1-8(2)6-15(7-10(16)17)11(18)9(4-5-20-3)14-12(13)19/h8-9H,4-7H2,1-3H3,(H,16,17)(H3,13,14,19). The summed E-state index contributed by atoms with van der Waals surface area (Å²) in [6.45, 7) is 3.72. The highest BCUT2D eigenvalue weighted by atomic mass is 32.2. The minimum absolute atomic E-state index is 0.132. The number of nitrogens with one attached hydrogen (secondary N) is 1. The van der Waals surface area contributed by atoms with Crippen LogP contribution < -0.4 is 11.1 Å². The van der Waals surface area contributed by atoms with Crippen molar-refractivity contribution in [3.05, 3.63) is 0 Å². The van der Waals surface area contributed by atoms with E-state index in [1.54, 1.807) is 0 Å². The van der Waals surface area contributed by atoms with Gasteiger partial charge in [-0.2, -0.15) is 11.8 Å². The Morgan fingerprint density at radius 2 is 1.95 bits per heavy atom. The van der Waals surface area contributed by atoms with Crippen LogP contribution in [-0.4, -0.2) is 59.1 Å². The molecule has 3 amide bonds. The van der Waals surface area contributed by atoms with Crippen LogP contribution in [0.25, 0.3) is 0 Å². The van der Waals surface area contributed by atoms with E-state index < -0.39 is 23.9 Å². The molecule has 0 fully saturated rings. The highest BCUT2D eigenvalue weighted by molar-refractivity contribution is 7.98. The van der Waals surface area contributed by atoms with E-state index in [1.807, 2.05) is 20.1 Å². The summed E-state index contributed by atoms with van der Waals surface area (Å²) >= 11 is 1.53. The van der Waals surface area contributed by atoms with Crippen LogP contribution >= 0.6 is 11.8 Å². The molecule has 0 saturated heterocycles. The zero-order valence-corrected chi connectivity index (χ0v) is 12.9. The van der Waals surface area contributed by atoms with Crippen LogP contribution in [0, 0.1) is 5.92 Å². The molecule has 8 heteroatoms. The molecule has 0 aliphatic heterocycles. The Morgan fingerprint density at radius 3 is 2.35 bits per heavy atom. The van der Waals surface area contributed by atoms with Gasteiger partial charge in [0.25, 0.3) is 0 Å². The predicted molar refractivity (Wildman–Crippen MR) is 78.6 cm³/mol. The van der Waals surface area contributed by atoms with Crippen LogP contribution in [0.15, 0.2) is 0 Å². The summed E-state index contributed by atoms with van der Waals surface area (Å²) in [5, 5.41) is 11.3. The summed E-state index contributed by atoms with van der Waals surface area (Å²) in [5.74, 6) is -0.692. The molecule has 0 spiro atoms. The first-order chi connectivity index (χ1) is 9.27. The molecular weight excluding hydrogens is 282 g/mol. The first-order valence-corrected chi connectivity index (χ1v) is 7.72. The van der Waals surface area contributed by atoms with Gasteiger partial charge in [-0.1, -0.05) is 13.8 Å². The quantitative estimate of drug-likeness (QED) is 0.569. The minimum Gasteiger partial charge on any atom is -0.480 e. The summed E-state index contributed by atoms with van der Waals surface area (Å²) in [4.78, 5) is 35.4. The maximum Gasteiger partial charge on any atom is 0.323 e. The molecule has 4 N–H and O–H groups in total. The Morgan fingerprint density at radius 1 is 1.35 bits per heavy atom. The van der Waals surface area contributed by atoms with Crippen molar-refractivity contribution in [3.63, 3.8) is 0 Å². The number of carboxylic acid groups (broad SMARTS) is 1. The summed E-state index contributed by atoms with van der Waals surface area (Å²) in [6.07, 6.45) is 2.30. The SMILES string of the molecule is CSCCC(NC(N)=O)C(=O)N(CC(=O)O)CC(C)C. The summed E-state index contributed by atoms with van der Waals surface area (Å²) in [5.41, 5.74) is 5.06. The van der Waals surface area contributed by atoms with Gasteiger partial charge in [-0.3, -0.25) is 9.59 Å². The van der Waals surface area contributed by atoms with E-state index in [9.17, 15) is 14.4 Å². The Hall–Kier alpha value is -1.44. The second-order valence-electron chi connectivity index (χ2n) is 4.85. The molecule has 7 nitrogen and oxygen atoms in total. The number of urea groups is 1. The Labute approximate surface area is 123 Å². The van der Waals surface area contributed by atoms with Crippen LogP contribution in [0.4, 0.5) is 4.79 Å². The molecule has 0 radical (unpaired) electrons. The third-order valence-corrected chi connectivity index (χ3v) is 3.09. The number of thioether (sulfide) groups is 1. The van der Waals surface area contributed by atoms with Gasteiger partial charge in [-0.05, 0) is 24.3 Å². The zero-order chi connectivity index (χ0) is 15.7. The van der Waals surface area contributed by atoms with Gasteiger partial charge in [0.05, 0.1) is 0 Å². The monoisotopic (exact) mass is 305 g/mol. The summed E-state index contributed by atoms with van der Waals surface area (Å²) in [7, 11) is 0. The fraction of sp³-hybridized carbons (Fsp3) is 0.750. The zero-order valence-electron chi connectivity index (χ0n) is 12.1. The topological polar surface area (TPSA) is 113 Å². The molecule has 0 aliphatic carbocycles. The molecule has 20 heavy (non-hydrogen) atoms. The molecule has 0 aromatic carbocycles. The average molecular weight is 305 g/mol. The smallest absolute Gasteiger partial charge is 0.323 e. The van der Waals surface area contributed by atoms with Gasteiger partial charge in [0.2, 0.25) is 5.91 Å². The molecule has 0 aromatic heterocycles. The molecule has 1 atom stereocenters. The third kappa shape index (κ3) is 7.88. The lowest BCUT2D eigenvalue weighted by Gasteiger charge is -2.27. The van der Waals surface area contributed by atoms with Crippen LogP contribution in [0.2, 0.25) is 0 Å². The Balaban J connectivity index is 4.90. The highest BCUT2D eigenvalue weighted by Crippen LogP contribution is 2.07. The fourth-order valence-electron chi connectivity index (χ4n) is 1.72. The number of amides is 3. The van der Waals surface area contributed by atoms with Crippen LogP contribution in [-0.2, 0) is 9.59 Å². The highest BCUT2D eigenvalue weighted by Gasteiger charge is 2.26. The first-order valence-electron chi connectivity index (χ1n) is 6.33. The molecule has 0 aromatic rings. The lowest BCUT2D eigenvalue weighted by Crippen LogP contribution is -2.52. The predicted octanol–water partition coefficient (Wildman–Crippen LogP) is 0.346. The minimum atomic E-state index is -1.08. The van der Waals surface area contributed by atoms with E-state index >= 15 is 0 Å². The second-order valence-corrected chi connectivity index (χ2v) is 5.83. The van der Waals surface area contributed by atoms with Crippen molar-refractivity contribution in [3.8, 4) is 0 Å². The maximum atomic E-state index is 12.3. The molecule has 0 bridgehead atoms. The van der Waals surface area contributed by atoms with Gasteiger partial charge in [-0.25, -0.2) is 4.79 Å². The Kier molecular flexibility index (Phi) is 8.78. The summed E-state index contributed by atoms with van der Waals surface area (Å²) in [6, 6.07) is -1.57. The molecule has 0 aliphatic rings. The molecule has 0 rings (SSSR count). The normalized spacial score (nSPS) is 12.0. The maximum absolute atomic E-state index is 12.3. The molecular formula is C12H23N3O4S. The van der Waals surface area contributed by atoms with E-state index in [2.05, 4.69) is 5.32 Å². The van der Waals surface area contributed by atoms with Crippen molar-refractivity contribution in [2.75, 3.05) is 25.1 Å². The number of hydrogen-bond donors (Lipinski definition) is 3. The molecule has 1 unspecified atom stereocenters. The Bertz CT molecular complexity index is 350. The number of aliphatic carboxylic acids is 1. The van der Waals surface area contributed by atoms with Crippen molar-refractivity contribution >= 4 is 29.7 Å². The van der Waals surface area contributed by atoms with Gasteiger partial charge in [-0.15, -0.1) is 0 Å². The average Bonchev–Trinajstić information content (AvgIpc) is 2.31. The molecule has 0 heterocycles. The largest absolute Gasteiger partial charge is 0.480 e. The number of carbonyl (C=O) groups excluding carboxylic acids is 2. The molecule has 0 saturated carbocycles. The van der Waals surface area contributed by atoms with Gasteiger partial charge >= 0.3 is 12.0 Å². The number of hydrogen-bond acceptors (Lipinski definition) is 4. The molecule has 116 valence electrons. The number of nitrogens with zero attached hydrogens (tertiary/aromatic N) is 1. The van der Waals surface area contributed by atoms with E-state index in [-0.39, 0.29) is 12.5 Å². The lowest BCUT2D eigenvalue weighted by molar-refractivity contribution is -0.145. The first kappa shape index (κ1) is 18.6. The van der Waals surface area contributed by atoms with E-state index in [4.69, 9.17) is 10.8 Å². The number of carbonyl (C=O) groups is 3. The van der Waals surface area contributed by atoms with E-state index in [1.165, 1.54) is 16.7 Å². The number of primary amides is 1. The van der Waals surface area contributed by atoms with Crippen molar-refractivity contribution in [1.82, 2.24) is 10.2 Å². The van der Waals surface area contributed by atoms with E-state index in [0.29, 0.717) is 18.7 Å². The van der Waals surface area contributed by atoms with Gasteiger partial charge in [0.15, 0.2) is 0 Å². The van der Waals surface area contributed by atoms with Crippen molar-refractivity contribution in [1.29, 1.82) is 0 Å². The lowest BCUT2D eigenvalue weighted by atomic mass is 10.1. The van der Waals surface area contributed by atoms with Gasteiger partial charge in [0, 0.05) is 6.54 Å². The van der Waals surface area contributed by atoms with Crippen molar-refractivity contribution in [2.24, 2.45) is 11.7 Å². The summed E-state index contributed by atoms with van der Waals surface area (Å²) < 4.78 is 0. The number of carboxylic acids is 1. The fourth-order valence-corrected chi connectivity index (χ4v) is 2.19. The van der Waals surface area contributed by atoms with E-state index in [0.717, 1.165) is 0 Å². The van der Waals surface area contributed by atoms with Gasteiger partial charge in [0.1, 0.15) is 12.6 Å². The second kappa shape index (κ2) is 9.46. The van der Waals surface area contributed by atoms with Crippen LogP contribution in [0.5, 0.6) is 0 Å². The van der Waals surface area contributed by atoms with Crippen LogP contribution in [0.3, 0.4) is 0 Å². The van der Waals surface area contributed by atoms with Crippen molar-refractivity contribution in [2.45, 2.75) is 26.3 Å². The van der Waals surface area contributed by atoms with Crippen molar-refractivity contribution < 1.29 is 19.5 Å². The van der Waals surface area contributed by atoms with Gasteiger partial charge < -0.3 is 21.1 Å². The van der Waals surface area contributed by atoms with Crippen LogP contribution in [0.1, 0.15) is 20.3 Å².